The van der Waals surface area contributed by atoms with E-state index in [1.807, 2.05) is 19.1 Å². The second kappa shape index (κ2) is 5.43. The summed E-state index contributed by atoms with van der Waals surface area (Å²) in [5.74, 6) is 0.508. The quantitative estimate of drug-likeness (QED) is 0.805. The summed E-state index contributed by atoms with van der Waals surface area (Å²) in [5, 5.41) is 0. The number of aryl methyl sites for hydroxylation is 1. The first-order chi connectivity index (χ1) is 8.29. The molecular weight excluding hydrogens is 217 g/mol. The summed E-state index contributed by atoms with van der Waals surface area (Å²) >= 11 is 0. The summed E-state index contributed by atoms with van der Waals surface area (Å²) in [6.45, 7) is 2.37. The number of nitrogens with zero attached hydrogens (tertiary/aromatic N) is 1. The molecule has 88 valence electrons. The van der Waals surface area contributed by atoms with Gasteiger partial charge in [-0.25, -0.2) is 4.39 Å². The largest absolute Gasteiger partial charge is 0.489 e. The van der Waals surface area contributed by atoms with Crippen molar-refractivity contribution in [2.24, 2.45) is 0 Å². The van der Waals surface area contributed by atoms with Crippen molar-refractivity contribution in [3.05, 3.63) is 59.7 Å². The van der Waals surface area contributed by atoms with E-state index in [1.165, 1.54) is 6.07 Å². The van der Waals surface area contributed by atoms with Crippen LogP contribution in [0.4, 0.5) is 4.39 Å². The zero-order chi connectivity index (χ0) is 12.1. The number of hydrogen-bond donors (Lipinski definition) is 0. The molecule has 0 fully saturated rings. The molecule has 0 spiro atoms. The van der Waals surface area contributed by atoms with Crippen LogP contribution in [0, 0.1) is 5.82 Å². The summed E-state index contributed by atoms with van der Waals surface area (Å²) < 4.78 is 18.9. The molecule has 0 atom stereocenters. The van der Waals surface area contributed by atoms with Gasteiger partial charge in [0.15, 0.2) is 0 Å². The second-order valence-electron chi connectivity index (χ2n) is 3.76. The van der Waals surface area contributed by atoms with E-state index in [0.717, 1.165) is 5.56 Å². The molecule has 0 bridgehead atoms. The van der Waals surface area contributed by atoms with Crippen molar-refractivity contribution in [3.8, 4) is 5.75 Å². The number of halogens is 1. The maximum atomic E-state index is 13.3. The standard InChI is InChI=1S/C14H14FNO/c1-2-12-8-13(5-6-14(12)15)17-10-11-4-3-7-16-9-11/h3-9H,2,10H2,1H3. The molecule has 1 aromatic carbocycles. The lowest BCUT2D eigenvalue weighted by atomic mass is 10.1. The lowest BCUT2D eigenvalue weighted by molar-refractivity contribution is 0.305. The summed E-state index contributed by atoms with van der Waals surface area (Å²) in [5.41, 5.74) is 1.67. The minimum Gasteiger partial charge on any atom is -0.489 e. The molecule has 0 saturated heterocycles. The minimum absolute atomic E-state index is 0.179. The van der Waals surface area contributed by atoms with Crippen LogP contribution in [-0.2, 0) is 13.0 Å². The van der Waals surface area contributed by atoms with Crippen LogP contribution in [0.15, 0.2) is 42.7 Å². The van der Waals surface area contributed by atoms with Crippen LogP contribution in [0.1, 0.15) is 18.1 Å². The van der Waals surface area contributed by atoms with Gasteiger partial charge in [-0.3, -0.25) is 4.98 Å². The molecule has 17 heavy (non-hydrogen) atoms. The van der Waals surface area contributed by atoms with Crippen LogP contribution < -0.4 is 4.74 Å². The summed E-state index contributed by atoms with van der Waals surface area (Å²) in [6, 6.07) is 8.63. The van der Waals surface area contributed by atoms with Crippen LogP contribution in [-0.4, -0.2) is 4.98 Å². The van der Waals surface area contributed by atoms with Crippen molar-refractivity contribution < 1.29 is 9.13 Å². The van der Waals surface area contributed by atoms with Gasteiger partial charge in [-0.05, 0) is 36.2 Å². The highest BCUT2D eigenvalue weighted by Gasteiger charge is 2.02. The monoisotopic (exact) mass is 231 g/mol. The number of aromatic nitrogens is 1. The predicted octanol–water partition coefficient (Wildman–Crippen LogP) is 3.36. The Balaban J connectivity index is 2.04. The molecule has 0 unspecified atom stereocenters. The van der Waals surface area contributed by atoms with Crippen molar-refractivity contribution in [1.82, 2.24) is 4.98 Å². The molecule has 0 N–H and O–H groups in total. The van der Waals surface area contributed by atoms with Crippen molar-refractivity contribution >= 4 is 0 Å². The van der Waals surface area contributed by atoms with E-state index in [2.05, 4.69) is 4.98 Å². The molecule has 0 aliphatic carbocycles. The topological polar surface area (TPSA) is 22.1 Å². The van der Waals surface area contributed by atoms with E-state index in [1.54, 1.807) is 24.5 Å². The van der Waals surface area contributed by atoms with Gasteiger partial charge in [0.2, 0.25) is 0 Å². The van der Waals surface area contributed by atoms with Gasteiger partial charge < -0.3 is 4.74 Å². The molecule has 2 aromatic rings. The van der Waals surface area contributed by atoms with Gasteiger partial charge in [-0.15, -0.1) is 0 Å². The van der Waals surface area contributed by atoms with E-state index < -0.39 is 0 Å². The minimum atomic E-state index is -0.179. The average Bonchev–Trinajstić information content (AvgIpc) is 2.39. The fourth-order valence-corrected chi connectivity index (χ4v) is 1.56. The molecule has 1 heterocycles. The van der Waals surface area contributed by atoms with Crippen LogP contribution in [0.5, 0.6) is 5.75 Å². The van der Waals surface area contributed by atoms with E-state index in [4.69, 9.17) is 4.74 Å². The van der Waals surface area contributed by atoms with Gasteiger partial charge >= 0.3 is 0 Å². The summed E-state index contributed by atoms with van der Waals surface area (Å²) in [6.07, 6.45) is 4.14. The molecular formula is C14H14FNO. The highest BCUT2D eigenvalue weighted by atomic mass is 19.1. The molecule has 1 aromatic heterocycles. The molecule has 3 heteroatoms. The van der Waals surface area contributed by atoms with Gasteiger partial charge in [0.25, 0.3) is 0 Å². The van der Waals surface area contributed by atoms with E-state index in [-0.39, 0.29) is 5.82 Å². The van der Waals surface area contributed by atoms with Crippen LogP contribution in [0.3, 0.4) is 0 Å². The van der Waals surface area contributed by atoms with E-state index in [9.17, 15) is 4.39 Å². The second-order valence-corrected chi connectivity index (χ2v) is 3.76. The Kier molecular flexibility index (Phi) is 3.70. The number of pyridine rings is 1. The highest BCUT2D eigenvalue weighted by molar-refractivity contribution is 5.30. The molecule has 2 rings (SSSR count). The third-order valence-electron chi connectivity index (χ3n) is 2.53. The Hall–Kier alpha value is -1.90. The van der Waals surface area contributed by atoms with Gasteiger partial charge in [0, 0.05) is 18.0 Å². The number of hydrogen-bond acceptors (Lipinski definition) is 2. The first kappa shape index (κ1) is 11.6. The van der Waals surface area contributed by atoms with Crippen molar-refractivity contribution in [1.29, 1.82) is 0 Å². The van der Waals surface area contributed by atoms with Gasteiger partial charge in [0.05, 0.1) is 0 Å². The number of rotatable bonds is 4. The molecule has 0 radical (unpaired) electrons. The van der Waals surface area contributed by atoms with Gasteiger partial charge in [-0.2, -0.15) is 0 Å². The van der Waals surface area contributed by atoms with Crippen LogP contribution in [0.25, 0.3) is 0 Å². The number of benzene rings is 1. The molecule has 0 aliphatic heterocycles. The summed E-state index contributed by atoms with van der Waals surface area (Å²) in [4.78, 5) is 4.00. The molecule has 2 nitrogen and oxygen atoms in total. The van der Waals surface area contributed by atoms with Crippen molar-refractivity contribution in [3.63, 3.8) is 0 Å². The Morgan fingerprint density at radius 2 is 2.18 bits per heavy atom. The molecule has 0 aliphatic rings. The maximum Gasteiger partial charge on any atom is 0.126 e. The smallest absolute Gasteiger partial charge is 0.126 e. The number of ether oxygens (including phenoxy) is 1. The highest BCUT2D eigenvalue weighted by Crippen LogP contribution is 2.18. The van der Waals surface area contributed by atoms with E-state index >= 15 is 0 Å². The third-order valence-corrected chi connectivity index (χ3v) is 2.53. The Bertz CT molecular complexity index is 485. The zero-order valence-corrected chi connectivity index (χ0v) is 9.69. The van der Waals surface area contributed by atoms with E-state index in [0.29, 0.717) is 24.3 Å². The molecule has 0 amide bonds. The first-order valence-corrected chi connectivity index (χ1v) is 5.59. The third kappa shape index (κ3) is 3.03. The Morgan fingerprint density at radius 1 is 1.29 bits per heavy atom. The summed E-state index contributed by atoms with van der Waals surface area (Å²) in [7, 11) is 0. The Morgan fingerprint density at radius 3 is 2.88 bits per heavy atom. The first-order valence-electron chi connectivity index (χ1n) is 5.59. The predicted molar refractivity (Wildman–Crippen MR) is 64.3 cm³/mol. The SMILES string of the molecule is CCc1cc(OCc2cccnc2)ccc1F. The fourth-order valence-electron chi connectivity index (χ4n) is 1.56. The Labute approximate surface area is 100 Å². The molecule has 0 saturated carbocycles. The van der Waals surface area contributed by atoms with Crippen molar-refractivity contribution in [2.45, 2.75) is 20.0 Å². The van der Waals surface area contributed by atoms with Gasteiger partial charge in [-0.1, -0.05) is 13.0 Å². The fraction of sp³-hybridized carbons (Fsp3) is 0.214. The average molecular weight is 231 g/mol. The normalized spacial score (nSPS) is 10.2. The van der Waals surface area contributed by atoms with Crippen LogP contribution >= 0.6 is 0 Å². The van der Waals surface area contributed by atoms with Crippen molar-refractivity contribution in [2.75, 3.05) is 0 Å². The zero-order valence-electron chi connectivity index (χ0n) is 9.69. The lowest BCUT2D eigenvalue weighted by Crippen LogP contribution is -1.97. The van der Waals surface area contributed by atoms with Gasteiger partial charge in [0.1, 0.15) is 18.2 Å². The van der Waals surface area contributed by atoms with Crippen LogP contribution in [0.2, 0.25) is 0 Å². The maximum absolute atomic E-state index is 13.3. The lowest BCUT2D eigenvalue weighted by Gasteiger charge is -2.07.